The van der Waals surface area contributed by atoms with Crippen LogP contribution in [0.25, 0.3) is 0 Å². The van der Waals surface area contributed by atoms with Gasteiger partial charge in [0.15, 0.2) is 0 Å². The fourth-order valence-corrected chi connectivity index (χ4v) is 3.20. The normalized spacial score (nSPS) is 19.8. The fourth-order valence-electron chi connectivity index (χ4n) is 1.55. The Hall–Kier alpha value is -0.190. The van der Waals surface area contributed by atoms with Crippen molar-refractivity contribution in [3.05, 3.63) is 33.3 Å². The van der Waals surface area contributed by atoms with E-state index in [-0.39, 0.29) is 5.91 Å². The van der Waals surface area contributed by atoms with Crippen LogP contribution in [0.3, 0.4) is 0 Å². The lowest BCUT2D eigenvalue weighted by atomic mass is 10.2. The van der Waals surface area contributed by atoms with E-state index < -0.39 is 0 Å². The zero-order valence-electron chi connectivity index (χ0n) is 8.50. The van der Waals surface area contributed by atoms with Gasteiger partial charge in [-0.3, -0.25) is 4.79 Å². The Morgan fingerprint density at radius 3 is 3.00 bits per heavy atom. The predicted molar refractivity (Wildman–Crippen MR) is 72.3 cm³/mol. The lowest BCUT2D eigenvalue weighted by Gasteiger charge is -2.11. The Bertz CT molecular complexity index is 407. The van der Waals surface area contributed by atoms with Crippen molar-refractivity contribution in [2.75, 3.05) is 11.5 Å². The number of thioether (sulfide) groups is 1. The average Bonchev–Trinajstić information content (AvgIpc) is 2.74. The van der Waals surface area contributed by atoms with Crippen molar-refractivity contribution in [1.29, 1.82) is 0 Å². The second-order valence-electron chi connectivity index (χ2n) is 3.66. The van der Waals surface area contributed by atoms with Crippen LogP contribution in [-0.2, 0) is 0 Å². The maximum Gasteiger partial charge on any atom is 0.251 e. The van der Waals surface area contributed by atoms with Crippen LogP contribution >= 0.6 is 39.3 Å². The molecule has 0 saturated carbocycles. The molecule has 1 aromatic rings. The summed E-state index contributed by atoms with van der Waals surface area (Å²) in [5.41, 5.74) is 0.646. The third kappa shape index (κ3) is 2.93. The number of rotatable bonds is 2. The molecule has 5 heteroatoms. The van der Waals surface area contributed by atoms with Gasteiger partial charge in [-0.05, 0) is 46.3 Å². The van der Waals surface area contributed by atoms with Crippen LogP contribution in [0.2, 0.25) is 5.02 Å². The Kier molecular flexibility index (Phi) is 4.16. The molecule has 2 rings (SSSR count). The van der Waals surface area contributed by atoms with E-state index in [9.17, 15) is 4.79 Å². The number of halogens is 2. The number of amides is 1. The van der Waals surface area contributed by atoms with Crippen molar-refractivity contribution in [2.45, 2.75) is 12.5 Å². The molecular formula is C11H11BrClNOS. The molecule has 1 aromatic carbocycles. The van der Waals surface area contributed by atoms with E-state index in [1.165, 1.54) is 0 Å². The number of carbonyl (C=O) groups is 1. The number of carbonyl (C=O) groups excluding carboxylic acids is 1. The molecule has 1 amide bonds. The van der Waals surface area contributed by atoms with E-state index in [4.69, 9.17) is 11.6 Å². The molecule has 86 valence electrons. The molecule has 2 nitrogen and oxygen atoms in total. The van der Waals surface area contributed by atoms with Crippen molar-refractivity contribution in [1.82, 2.24) is 5.32 Å². The summed E-state index contributed by atoms with van der Waals surface area (Å²) in [7, 11) is 0. The zero-order chi connectivity index (χ0) is 11.5. The second kappa shape index (κ2) is 5.43. The maximum atomic E-state index is 11.9. The van der Waals surface area contributed by atoms with Gasteiger partial charge in [0.1, 0.15) is 0 Å². The Labute approximate surface area is 112 Å². The average molecular weight is 321 g/mol. The second-order valence-corrected chi connectivity index (χ2v) is 6.07. The van der Waals surface area contributed by atoms with Gasteiger partial charge in [0.05, 0.1) is 5.02 Å². The minimum atomic E-state index is -0.0233. The molecule has 1 saturated heterocycles. The van der Waals surface area contributed by atoms with Crippen LogP contribution in [0.15, 0.2) is 22.7 Å². The van der Waals surface area contributed by atoms with E-state index >= 15 is 0 Å². The quantitative estimate of drug-likeness (QED) is 0.905. The third-order valence-corrected chi connectivity index (χ3v) is 4.82. The first kappa shape index (κ1) is 12.3. The third-order valence-electron chi connectivity index (χ3n) is 2.45. The van der Waals surface area contributed by atoms with Gasteiger partial charge in [-0.15, -0.1) is 0 Å². The monoisotopic (exact) mass is 319 g/mol. The summed E-state index contributed by atoms with van der Waals surface area (Å²) in [6.07, 6.45) is 1.06. The molecule has 0 bridgehead atoms. The Morgan fingerprint density at radius 1 is 1.56 bits per heavy atom. The predicted octanol–water partition coefficient (Wildman–Crippen LogP) is 3.34. The lowest BCUT2D eigenvalue weighted by Crippen LogP contribution is -2.34. The van der Waals surface area contributed by atoms with Crippen LogP contribution in [0, 0.1) is 0 Å². The number of hydrogen-bond acceptors (Lipinski definition) is 2. The molecule has 0 spiro atoms. The van der Waals surface area contributed by atoms with Gasteiger partial charge in [0.2, 0.25) is 0 Å². The summed E-state index contributed by atoms with van der Waals surface area (Å²) in [5.74, 6) is 2.13. The highest BCUT2D eigenvalue weighted by molar-refractivity contribution is 9.10. The summed E-state index contributed by atoms with van der Waals surface area (Å²) in [6, 6.07) is 5.53. The highest BCUT2D eigenvalue weighted by atomic mass is 79.9. The van der Waals surface area contributed by atoms with Gasteiger partial charge in [-0.2, -0.15) is 11.8 Å². The lowest BCUT2D eigenvalue weighted by molar-refractivity contribution is 0.0941. The van der Waals surface area contributed by atoms with Crippen LogP contribution in [0.5, 0.6) is 0 Å². The standard InChI is InChI=1S/C11H11BrClNOS/c12-9-5-7(1-2-10(9)13)11(15)14-8-3-4-16-6-8/h1-2,5,8H,3-4,6H2,(H,14,15). The first-order valence-corrected chi connectivity index (χ1v) is 7.33. The fraction of sp³-hybridized carbons (Fsp3) is 0.364. The largest absolute Gasteiger partial charge is 0.348 e. The van der Waals surface area contributed by atoms with Gasteiger partial charge >= 0.3 is 0 Å². The number of hydrogen-bond donors (Lipinski definition) is 1. The van der Waals surface area contributed by atoms with Crippen LogP contribution in [0.4, 0.5) is 0 Å². The molecule has 0 radical (unpaired) electrons. The van der Waals surface area contributed by atoms with Crippen molar-refractivity contribution in [3.8, 4) is 0 Å². The van der Waals surface area contributed by atoms with Crippen LogP contribution in [-0.4, -0.2) is 23.5 Å². The van der Waals surface area contributed by atoms with Crippen molar-refractivity contribution in [3.63, 3.8) is 0 Å². The number of nitrogens with one attached hydrogen (secondary N) is 1. The highest BCUT2D eigenvalue weighted by Gasteiger charge is 2.18. The molecule has 1 heterocycles. The van der Waals surface area contributed by atoms with Gasteiger partial charge in [-0.1, -0.05) is 11.6 Å². The topological polar surface area (TPSA) is 29.1 Å². The molecular weight excluding hydrogens is 310 g/mol. The summed E-state index contributed by atoms with van der Waals surface area (Å²) in [5, 5.41) is 3.64. The minimum Gasteiger partial charge on any atom is -0.348 e. The molecule has 1 unspecified atom stereocenters. The highest BCUT2D eigenvalue weighted by Crippen LogP contribution is 2.23. The van der Waals surface area contributed by atoms with Crippen molar-refractivity contribution in [2.24, 2.45) is 0 Å². The molecule has 0 aromatic heterocycles. The van der Waals surface area contributed by atoms with Crippen molar-refractivity contribution < 1.29 is 4.79 Å². The van der Waals surface area contributed by atoms with Crippen LogP contribution in [0.1, 0.15) is 16.8 Å². The maximum absolute atomic E-state index is 11.9. The summed E-state index contributed by atoms with van der Waals surface area (Å²) in [4.78, 5) is 11.9. The summed E-state index contributed by atoms with van der Waals surface area (Å²) >= 11 is 11.1. The van der Waals surface area contributed by atoms with Crippen molar-refractivity contribution >= 4 is 45.2 Å². The van der Waals surface area contributed by atoms with E-state index in [0.717, 1.165) is 22.4 Å². The van der Waals surface area contributed by atoms with Gasteiger partial charge in [0.25, 0.3) is 5.91 Å². The molecule has 1 aliphatic heterocycles. The molecule has 1 aliphatic rings. The smallest absolute Gasteiger partial charge is 0.251 e. The first-order chi connectivity index (χ1) is 7.66. The van der Waals surface area contributed by atoms with E-state index in [2.05, 4.69) is 21.2 Å². The van der Waals surface area contributed by atoms with Gasteiger partial charge < -0.3 is 5.32 Å². The van der Waals surface area contributed by atoms with E-state index in [0.29, 0.717) is 16.6 Å². The van der Waals surface area contributed by atoms with Crippen LogP contribution < -0.4 is 5.32 Å². The molecule has 0 aliphatic carbocycles. The number of benzene rings is 1. The Balaban J connectivity index is 2.05. The molecule has 16 heavy (non-hydrogen) atoms. The van der Waals surface area contributed by atoms with E-state index in [1.54, 1.807) is 18.2 Å². The molecule has 1 N–H and O–H groups in total. The first-order valence-electron chi connectivity index (χ1n) is 5.00. The summed E-state index contributed by atoms with van der Waals surface area (Å²) < 4.78 is 0.752. The molecule has 1 atom stereocenters. The van der Waals surface area contributed by atoms with E-state index in [1.807, 2.05) is 11.8 Å². The van der Waals surface area contributed by atoms with Gasteiger partial charge in [0, 0.05) is 21.8 Å². The Morgan fingerprint density at radius 2 is 2.38 bits per heavy atom. The SMILES string of the molecule is O=C(NC1CCSC1)c1ccc(Cl)c(Br)c1. The minimum absolute atomic E-state index is 0.0233. The van der Waals surface area contributed by atoms with Gasteiger partial charge in [-0.25, -0.2) is 0 Å². The molecule has 1 fully saturated rings. The summed E-state index contributed by atoms with van der Waals surface area (Å²) in [6.45, 7) is 0. The zero-order valence-corrected chi connectivity index (χ0v) is 11.7.